The third-order valence-electron chi connectivity index (χ3n) is 4.63. The van der Waals surface area contributed by atoms with Crippen LogP contribution in [0.1, 0.15) is 41.8 Å². The molecule has 0 unspecified atom stereocenters. The Morgan fingerprint density at radius 1 is 1.21 bits per heavy atom. The molecule has 0 saturated carbocycles. The van der Waals surface area contributed by atoms with Gasteiger partial charge in [-0.2, -0.15) is 0 Å². The largest absolute Gasteiger partial charge is 0.361 e. The van der Waals surface area contributed by atoms with Crippen molar-refractivity contribution in [1.82, 2.24) is 10.1 Å². The zero-order valence-electron chi connectivity index (χ0n) is 14.5. The maximum absolute atomic E-state index is 12.1. The lowest BCUT2D eigenvalue weighted by Gasteiger charge is -2.14. The first kappa shape index (κ1) is 16.7. The summed E-state index contributed by atoms with van der Waals surface area (Å²) in [6.45, 7) is 7.18. The molecule has 1 aliphatic rings. The van der Waals surface area contributed by atoms with Crippen LogP contribution < -0.4 is 5.32 Å². The summed E-state index contributed by atoms with van der Waals surface area (Å²) in [5, 5.41) is 6.88. The molecule has 0 spiro atoms. The Bertz CT molecular complexity index is 666. The molecule has 1 aliphatic heterocycles. The summed E-state index contributed by atoms with van der Waals surface area (Å²) >= 11 is 0. The van der Waals surface area contributed by atoms with E-state index in [9.17, 15) is 4.79 Å². The van der Waals surface area contributed by atoms with Crippen LogP contribution in [0.15, 0.2) is 28.8 Å². The average molecular weight is 327 g/mol. The highest BCUT2D eigenvalue weighted by Crippen LogP contribution is 2.17. The van der Waals surface area contributed by atoms with Crippen LogP contribution in [-0.2, 0) is 17.8 Å². The number of amides is 1. The van der Waals surface area contributed by atoms with Gasteiger partial charge in [0.25, 0.3) is 0 Å². The summed E-state index contributed by atoms with van der Waals surface area (Å²) in [6, 6.07) is 8.17. The number of nitrogens with one attached hydrogen (secondary N) is 1. The average Bonchev–Trinajstić information content (AvgIpc) is 3.18. The van der Waals surface area contributed by atoms with Gasteiger partial charge in [-0.1, -0.05) is 17.3 Å². The number of rotatable bonds is 6. The Kier molecular flexibility index (Phi) is 5.30. The van der Waals surface area contributed by atoms with E-state index in [1.165, 1.54) is 31.5 Å². The molecule has 1 fully saturated rings. The third-order valence-corrected chi connectivity index (χ3v) is 4.63. The zero-order chi connectivity index (χ0) is 16.9. The van der Waals surface area contributed by atoms with Crippen LogP contribution in [0.4, 0.5) is 5.69 Å². The molecule has 128 valence electrons. The quantitative estimate of drug-likeness (QED) is 0.883. The summed E-state index contributed by atoms with van der Waals surface area (Å²) in [5.74, 6) is 0.814. The number of carbonyl (C=O) groups excluding carboxylic acids is 1. The number of carbonyl (C=O) groups is 1. The molecular weight excluding hydrogens is 302 g/mol. The van der Waals surface area contributed by atoms with Gasteiger partial charge in [0.2, 0.25) is 5.91 Å². The summed E-state index contributed by atoms with van der Waals surface area (Å²) in [4.78, 5) is 14.6. The first-order chi connectivity index (χ1) is 11.6. The van der Waals surface area contributed by atoms with E-state index in [4.69, 9.17) is 4.52 Å². The minimum atomic E-state index is 0.0160. The SMILES string of the molecule is Cc1noc(C)c1CCC(=O)Nc1ccc(CN2CCCC2)cc1. The van der Waals surface area contributed by atoms with Crippen molar-refractivity contribution in [3.05, 3.63) is 46.8 Å². The summed E-state index contributed by atoms with van der Waals surface area (Å²) in [7, 11) is 0. The second-order valence-electron chi connectivity index (χ2n) is 6.53. The Morgan fingerprint density at radius 2 is 1.92 bits per heavy atom. The molecule has 1 amide bonds. The molecule has 0 radical (unpaired) electrons. The maximum Gasteiger partial charge on any atom is 0.224 e. The van der Waals surface area contributed by atoms with Gasteiger partial charge < -0.3 is 9.84 Å². The fourth-order valence-electron chi connectivity index (χ4n) is 3.21. The van der Waals surface area contributed by atoms with E-state index in [2.05, 4.69) is 27.5 Å². The predicted octanol–water partition coefficient (Wildman–Crippen LogP) is 3.46. The third kappa shape index (κ3) is 4.23. The van der Waals surface area contributed by atoms with Crippen molar-refractivity contribution in [3.63, 3.8) is 0 Å². The number of aryl methyl sites for hydroxylation is 2. The second kappa shape index (κ2) is 7.62. The van der Waals surface area contributed by atoms with Gasteiger partial charge >= 0.3 is 0 Å². The van der Waals surface area contributed by atoms with E-state index in [0.29, 0.717) is 12.8 Å². The molecular formula is C19H25N3O2. The van der Waals surface area contributed by atoms with Gasteiger partial charge in [-0.3, -0.25) is 9.69 Å². The van der Waals surface area contributed by atoms with Gasteiger partial charge in [-0.05, 0) is 63.9 Å². The van der Waals surface area contributed by atoms with E-state index in [0.717, 1.165) is 29.2 Å². The number of aromatic nitrogens is 1. The highest BCUT2D eigenvalue weighted by atomic mass is 16.5. The molecule has 5 nitrogen and oxygen atoms in total. The molecule has 2 heterocycles. The summed E-state index contributed by atoms with van der Waals surface area (Å²) < 4.78 is 5.13. The van der Waals surface area contributed by atoms with Gasteiger partial charge in [0.05, 0.1) is 5.69 Å². The monoisotopic (exact) mass is 327 g/mol. The topological polar surface area (TPSA) is 58.4 Å². The maximum atomic E-state index is 12.1. The molecule has 24 heavy (non-hydrogen) atoms. The molecule has 1 aromatic heterocycles. The molecule has 0 atom stereocenters. The molecule has 2 aromatic rings. The van der Waals surface area contributed by atoms with Crippen molar-refractivity contribution in [2.45, 2.75) is 46.1 Å². The van der Waals surface area contributed by atoms with E-state index < -0.39 is 0 Å². The van der Waals surface area contributed by atoms with E-state index in [-0.39, 0.29) is 5.91 Å². The van der Waals surface area contributed by atoms with Crippen molar-refractivity contribution < 1.29 is 9.32 Å². The van der Waals surface area contributed by atoms with Crippen LogP contribution in [-0.4, -0.2) is 29.1 Å². The van der Waals surface area contributed by atoms with E-state index >= 15 is 0 Å². The number of benzene rings is 1. The Morgan fingerprint density at radius 3 is 2.54 bits per heavy atom. The molecule has 1 N–H and O–H groups in total. The summed E-state index contributed by atoms with van der Waals surface area (Å²) in [6.07, 6.45) is 3.69. The Balaban J connectivity index is 1.49. The Hall–Kier alpha value is -2.14. The van der Waals surface area contributed by atoms with Crippen molar-refractivity contribution >= 4 is 11.6 Å². The van der Waals surface area contributed by atoms with Crippen molar-refractivity contribution in [3.8, 4) is 0 Å². The highest BCUT2D eigenvalue weighted by molar-refractivity contribution is 5.90. The molecule has 1 saturated heterocycles. The van der Waals surface area contributed by atoms with Crippen LogP contribution in [0.3, 0.4) is 0 Å². The minimum absolute atomic E-state index is 0.0160. The number of nitrogens with zero attached hydrogens (tertiary/aromatic N) is 2. The van der Waals surface area contributed by atoms with Crippen LogP contribution in [0.2, 0.25) is 0 Å². The highest BCUT2D eigenvalue weighted by Gasteiger charge is 2.13. The van der Waals surface area contributed by atoms with E-state index in [1.807, 2.05) is 26.0 Å². The lowest BCUT2D eigenvalue weighted by Crippen LogP contribution is -2.18. The predicted molar refractivity (Wildman–Crippen MR) is 93.9 cm³/mol. The molecule has 5 heteroatoms. The molecule has 3 rings (SSSR count). The molecule has 1 aromatic carbocycles. The van der Waals surface area contributed by atoms with Gasteiger partial charge in [0, 0.05) is 24.2 Å². The van der Waals surface area contributed by atoms with Crippen molar-refractivity contribution in [2.75, 3.05) is 18.4 Å². The number of likely N-dealkylation sites (tertiary alicyclic amines) is 1. The van der Waals surface area contributed by atoms with Crippen LogP contribution in [0, 0.1) is 13.8 Å². The molecule has 0 bridgehead atoms. The molecule has 0 aliphatic carbocycles. The standard InChI is InChI=1S/C19H25N3O2/c1-14-18(15(2)24-21-14)9-10-19(23)20-17-7-5-16(6-8-17)13-22-11-3-4-12-22/h5-8H,3-4,9-13H2,1-2H3,(H,20,23). The lowest BCUT2D eigenvalue weighted by molar-refractivity contribution is -0.116. The van der Waals surface area contributed by atoms with Gasteiger partial charge in [0.15, 0.2) is 0 Å². The van der Waals surface area contributed by atoms with Gasteiger partial charge in [-0.15, -0.1) is 0 Å². The van der Waals surface area contributed by atoms with Gasteiger partial charge in [-0.25, -0.2) is 0 Å². The summed E-state index contributed by atoms with van der Waals surface area (Å²) in [5.41, 5.74) is 4.05. The van der Waals surface area contributed by atoms with Crippen molar-refractivity contribution in [1.29, 1.82) is 0 Å². The normalized spacial score (nSPS) is 14.9. The smallest absolute Gasteiger partial charge is 0.224 e. The van der Waals surface area contributed by atoms with E-state index in [1.54, 1.807) is 0 Å². The van der Waals surface area contributed by atoms with Crippen molar-refractivity contribution in [2.24, 2.45) is 0 Å². The van der Waals surface area contributed by atoms with Crippen LogP contribution in [0.5, 0.6) is 0 Å². The fourth-order valence-corrected chi connectivity index (χ4v) is 3.21. The van der Waals surface area contributed by atoms with Crippen LogP contribution >= 0.6 is 0 Å². The number of anilines is 1. The minimum Gasteiger partial charge on any atom is -0.361 e. The second-order valence-corrected chi connectivity index (χ2v) is 6.53. The van der Waals surface area contributed by atoms with Gasteiger partial charge in [0.1, 0.15) is 5.76 Å². The number of hydrogen-bond acceptors (Lipinski definition) is 4. The first-order valence-electron chi connectivity index (χ1n) is 8.65. The Labute approximate surface area is 143 Å². The van der Waals surface area contributed by atoms with Crippen LogP contribution in [0.25, 0.3) is 0 Å². The first-order valence-corrected chi connectivity index (χ1v) is 8.65. The lowest BCUT2D eigenvalue weighted by atomic mass is 10.1. The number of hydrogen-bond donors (Lipinski definition) is 1. The zero-order valence-corrected chi connectivity index (χ0v) is 14.5. The fraction of sp³-hybridized carbons (Fsp3) is 0.474.